The normalized spacial score (nSPS) is 17.5. The number of likely N-dealkylation sites (tertiary alicyclic amines) is 1. The van der Waals surface area contributed by atoms with Gasteiger partial charge in [-0.15, -0.1) is 0 Å². The van der Waals surface area contributed by atoms with Crippen molar-refractivity contribution in [3.05, 3.63) is 35.3 Å². The second-order valence-corrected chi connectivity index (χ2v) is 4.81. The van der Waals surface area contributed by atoms with E-state index in [2.05, 4.69) is 10.1 Å². The Kier molecular flexibility index (Phi) is 5.62. The van der Waals surface area contributed by atoms with Crippen molar-refractivity contribution >= 4 is 6.21 Å². The topological polar surface area (TPSA) is 51.8 Å². The molecule has 0 bridgehead atoms. The Morgan fingerprint density at radius 3 is 2.58 bits per heavy atom. The standard InChI is InChI=1S/C14H21N3O2/c18-17-9-5-14(6-10-17)13-15-19-12-11-16-7-3-1-2-4-8-16/h5-6,9-10,13H,1-4,7-8,11-12H2/b15-13-. The minimum absolute atomic E-state index is 0.616. The van der Waals surface area contributed by atoms with Gasteiger partial charge in [0.25, 0.3) is 0 Å². The van der Waals surface area contributed by atoms with E-state index in [9.17, 15) is 5.21 Å². The fourth-order valence-electron chi connectivity index (χ4n) is 2.19. The van der Waals surface area contributed by atoms with Crippen LogP contribution in [0.15, 0.2) is 29.7 Å². The van der Waals surface area contributed by atoms with Crippen molar-refractivity contribution in [3.63, 3.8) is 0 Å². The molecule has 2 heterocycles. The second kappa shape index (κ2) is 7.74. The highest BCUT2D eigenvalue weighted by atomic mass is 16.6. The monoisotopic (exact) mass is 263 g/mol. The van der Waals surface area contributed by atoms with Crippen LogP contribution in [0.4, 0.5) is 0 Å². The Morgan fingerprint density at radius 1 is 1.21 bits per heavy atom. The van der Waals surface area contributed by atoms with Gasteiger partial charge < -0.3 is 10.0 Å². The molecule has 0 saturated carbocycles. The molecule has 2 rings (SSSR count). The van der Waals surface area contributed by atoms with E-state index in [-0.39, 0.29) is 0 Å². The zero-order valence-corrected chi connectivity index (χ0v) is 11.2. The lowest BCUT2D eigenvalue weighted by Crippen LogP contribution is -2.28. The molecule has 1 saturated heterocycles. The molecule has 0 atom stereocenters. The van der Waals surface area contributed by atoms with Crippen molar-refractivity contribution in [3.8, 4) is 0 Å². The van der Waals surface area contributed by atoms with E-state index in [1.807, 2.05) is 0 Å². The third-order valence-corrected chi connectivity index (χ3v) is 3.30. The summed E-state index contributed by atoms with van der Waals surface area (Å²) in [5, 5.41) is 14.8. The van der Waals surface area contributed by atoms with Crippen LogP contribution in [0.1, 0.15) is 31.2 Å². The summed E-state index contributed by atoms with van der Waals surface area (Å²) in [4.78, 5) is 7.69. The van der Waals surface area contributed by atoms with Crippen LogP contribution in [-0.2, 0) is 4.84 Å². The highest BCUT2D eigenvalue weighted by Crippen LogP contribution is 2.08. The minimum Gasteiger partial charge on any atom is -0.619 e. The Morgan fingerprint density at radius 2 is 1.89 bits per heavy atom. The van der Waals surface area contributed by atoms with E-state index in [1.165, 1.54) is 51.2 Å². The zero-order valence-electron chi connectivity index (χ0n) is 11.2. The number of hydrogen-bond donors (Lipinski definition) is 0. The molecule has 1 aliphatic heterocycles. The van der Waals surface area contributed by atoms with Crippen molar-refractivity contribution in [1.29, 1.82) is 0 Å². The first-order chi connectivity index (χ1) is 9.34. The van der Waals surface area contributed by atoms with Crippen molar-refractivity contribution in [2.24, 2.45) is 5.16 Å². The molecule has 5 heteroatoms. The van der Waals surface area contributed by atoms with Crippen molar-refractivity contribution in [2.45, 2.75) is 25.7 Å². The smallest absolute Gasteiger partial charge is 0.181 e. The van der Waals surface area contributed by atoms with E-state index < -0.39 is 0 Å². The van der Waals surface area contributed by atoms with Gasteiger partial charge in [0.05, 0.1) is 6.21 Å². The maximum atomic E-state index is 10.8. The number of aromatic nitrogens is 1. The predicted octanol–water partition coefficient (Wildman–Crippen LogP) is 1.55. The van der Waals surface area contributed by atoms with Crippen LogP contribution < -0.4 is 4.73 Å². The average molecular weight is 263 g/mol. The van der Waals surface area contributed by atoms with Crippen molar-refractivity contribution in [1.82, 2.24) is 4.90 Å². The van der Waals surface area contributed by atoms with Gasteiger partial charge in [0, 0.05) is 24.2 Å². The average Bonchev–Trinajstić information content (AvgIpc) is 2.69. The van der Waals surface area contributed by atoms with Crippen LogP contribution in [0.2, 0.25) is 0 Å². The highest BCUT2D eigenvalue weighted by Gasteiger charge is 2.07. The molecule has 1 aliphatic rings. The molecule has 0 amide bonds. The fraction of sp³-hybridized carbons (Fsp3) is 0.571. The van der Waals surface area contributed by atoms with Gasteiger partial charge in [-0.25, -0.2) is 0 Å². The Balaban J connectivity index is 1.64. The molecule has 0 N–H and O–H groups in total. The van der Waals surface area contributed by atoms with Crippen molar-refractivity contribution in [2.75, 3.05) is 26.2 Å². The Labute approximate surface area is 114 Å². The number of pyridine rings is 1. The first kappa shape index (κ1) is 13.8. The molecule has 0 spiro atoms. The van der Waals surface area contributed by atoms with Gasteiger partial charge in [0.2, 0.25) is 0 Å². The van der Waals surface area contributed by atoms with E-state index in [0.717, 1.165) is 16.8 Å². The molecule has 1 fully saturated rings. The van der Waals surface area contributed by atoms with Gasteiger partial charge in [-0.3, -0.25) is 4.90 Å². The summed E-state index contributed by atoms with van der Waals surface area (Å²) in [5.74, 6) is 0. The molecule has 0 aromatic carbocycles. The first-order valence-electron chi connectivity index (χ1n) is 6.91. The predicted molar refractivity (Wildman–Crippen MR) is 73.9 cm³/mol. The largest absolute Gasteiger partial charge is 0.619 e. The van der Waals surface area contributed by atoms with Gasteiger partial charge >= 0.3 is 0 Å². The maximum Gasteiger partial charge on any atom is 0.181 e. The van der Waals surface area contributed by atoms with Gasteiger partial charge in [-0.1, -0.05) is 18.0 Å². The summed E-state index contributed by atoms with van der Waals surface area (Å²) in [6.07, 6.45) is 9.80. The van der Waals surface area contributed by atoms with Crippen LogP contribution in [0.25, 0.3) is 0 Å². The van der Waals surface area contributed by atoms with Crippen LogP contribution >= 0.6 is 0 Å². The molecular weight excluding hydrogens is 242 g/mol. The van der Waals surface area contributed by atoms with Gasteiger partial charge in [0.15, 0.2) is 12.4 Å². The van der Waals surface area contributed by atoms with Crippen LogP contribution in [0, 0.1) is 5.21 Å². The fourth-order valence-corrected chi connectivity index (χ4v) is 2.19. The summed E-state index contributed by atoms with van der Waals surface area (Å²) < 4.78 is 0.748. The SMILES string of the molecule is [O-][n+]1ccc(/C=N\OCCN2CCCCCC2)cc1. The highest BCUT2D eigenvalue weighted by molar-refractivity contribution is 5.78. The summed E-state index contributed by atoms with van der Waals surface area (Å²) in [5.41, 5.74) is 0.863. The third kappa shape index (κ3) is 5.26. The van der Waals surface area contributed by atoms with Gasteiger partial charge in [0.1, 0.15) is 6.61 Å². The molecule has 1 aromatic rings. The lowest BCUT2D eigenvalue weighted by Gasteiger charge is -2.18. The summed E-state index contributed by atoms with van der Waals surface area (Å²) >= 11 is 0. The zero-order chi connectivity index (χ0) is 13.3. The lowest BCUT2D eigenvalue weighted by molar-refractivity contribution is -0.605. The van der Waals surface area contributed by atoms with Crippen molar-refractivity contribution < 1.29 is 9.57 Å². The second-order valence-electron chi connectivity index (χ2n) is 4.81. The number of hydrogen-bond acceptors (Lipinski definition) is 4. The molecule has 5 nitrogen and oxygen atoms in total. The van der Waals surface area contributed by atoms with Gasteiger partial charge in [-0.05, 0) is 25.9 Å². The molecule has 0 radical (unpaired) electrons. The van der Waals surface area contributed by atoms with E-state index in [4.69, 9.17) is 4.84 Å². The van der Waals surface area contributed by atoms with E-state index in [0.29, 0.717) is 6.61 Å². The molecule has 0 aliphatic carbocycles. The number of nitrogens with zero attached hydrogens (tertiary/aromatic N) is 3. The molecular formula is C14H21N3O2. The first-order valence-corrected chi connectivity index (χ1v) is 6.91. The quantitative estimate of drug-likeness (QED) is 0.266. The molecule has 1 aromatic heterocycles. The number of rotatable bonds is 5. The Hall–Kier alpha value is -1.62. The Bertz CT molecular complexity index is 384. The minimum atomic E-state index is 0.616. The number of oxime groups is 1. The van der Waals surface area contributed by atoms with E-state index in [1.54, 1.807) is 18.3 Å². The maximum absolute atomic E-state index is 10.8. The van der Waals surface area contributed by atoms with Crippen LogP contribution in [-0.4, -0.2) is 37.4 Å². The summed E-state index contributed by atoms with van der Waals surface area (Å²) in [7, 11) is 0. The molecule has 19 heavy (non-hydrogen) atoms. The lowest BCUT2D eigenvalue weighted by atomic mass is 10.2. The summed E-state index contributed by atoms with van der Waals surface area (Å²) in [6.45, 7) is 3.90. The van der Waals surface area contributed by atoms with E-state index >= 15 is 0 Å². The third-order valence-electron chi connectivity index (χ3n) is 3.30. The summed E-state index contributed by atoms with van der Waals surface area (Å²) in [6, 6.07) is 3.41. The van der Waals surface area contributed by atoms with Crippen LogP contribution in [0.3, 0.4) is 0 Å². The molecule has 0 unspecified atom stereocenters. The van der Waals surface area contributed by atoms with Gasteiger partial charge in [-0.2, -0.15) is 4.73 Å². The van der Waals surface area contributed by atoms with Crippen LogP contribution in [0.5, 0.6) is 0 Å². The molecule has 104 valence electrons.